The van der Waals surface area contributed by atoms with Crippen molar-refractivity contribution in [3.8, 4) is 0 Å². The van der Waals surface area contributed by atoms with Crippen LogP contribution in [-0.2, 0) is 35.1 Å². The summed E-state index contributed by atoms with van der Waals surface area (Å²) in [7, 11) is 0. The number of carbonyl (C=O) groups excluding carboxylic acids is 4. The second-order valence-corrected chi connectivity index (χ2v) is 7.85. The molecular weight excluding hydrogens is 398 g/mol. The summed E-state index contributed by atoms with van der Waals surface area (Å²) in [6.07, 6.45) is 2.40. The Bertz CT molecular complexity index is 772. The van der Waals surface area contributed by atoms with E-state index >= 15 is 0 Å². The first-order valence-corrected chi connectivity index (χ1v) is 10.7. The molecule has 10 heteroatoms. The quantitative estimate of drug-likeness (QED) is 0.606. The number of hydrogen-bond donors (Lipinski definition) is 0. The van der Waals surface area contributed by atoms with Gasteiger partial charge in [-0.15, -0.1) is 11.3 Å². The highest BCUT2D eigenvalue weighted by Gasteiger charge is 2.29. The van der Waals surface area contributed by atoms with Crippen LogP contribution in [0.2, 0.25) is 0 Å². The number of nitrogens with zero attached hydrogens (tertiary/aromatic N) is 3. The van der Waals surface area contributed by atoms with Crippen LogP contribution in [-0.4, -0.2) is 66.5 Å². The third-order valence-corrected chi connectivity index (χ3v) is 5.91. The molecule has 3 rings (SSSR count). The Hall–Kier alpha value is -2.49. The molecule has 0 saturated carbocycles. The molecule has 3 heterocycles. The van der Waals surface area contributed by atoms with Gasteiger partial charge < -0.3 is 14.4 Å². The van der Waals surface area contributed by atoms with Gasteiger partial charge in [-0.1, -0.05) is 0 Å². The van der Waals surface area contributed by atoms with Crippen molar-refractivity contribution in [3.63, 3.8) is 0 Å². The molecule has 0 spiro atoms. The van der Waals surface area contributed by atoms with Crippen molar-refractivity contribution in [2.45, 2.75) is 39.0 Å². The topological polar surface area (TPSA) is 106 Å². The fourth-order valence-electron chi connectivity index (χ4n) is 3.41. The van der Waals surface area contributed by atoms with Crippen LogP contribution >= 0.6 is 11.3 Å². The van der Waals surface area contributed by atoms with Crippen LogP contribution in [0, 0.1) is 5.92 Å². The fraction of sp³-hybridized carbons (Fsp3) is 0.632. The molecule has 1 aromatic rings. The van der Waals surface area contributed by atoms with E-state index in [4.69, 9.17) is 9.47 Å². The lowest BCUT2D eigenvalue weighted by atomic mass is 9.97. The first-order valence-electron chi connectivity index (χ1n) is 9.82. The normalized spacial score (nSPS) is 17.5. The van der Waals surface area contributed by atoms with E-state index in [9.17, 15) is 19.2 Å². The van der Waals surface area contributed by atoms with E-state index in [0.29, 0.717) is 56.3 Å². The van der Waals surface area contributed by atoms with Crippen LogP contribution in [0.3, 0.4) is 0 Å². The van der Waals surface area contributed by atoms with E-state index in [0.717, 1.165) is 6.42 Å². The molecule has 2 aliphatic heterocycles. The second-order valence-electron chi connectivity index (χ2n) is 7.01. The molecule has 0 radical (unpaired) electrons. The smallest absolute Gasteiger partial charge is 0.312 e. The number of anilines is 1. The number of amides is 2. The Morgan fingerprint density at radius 2 is 1.97 bits per heavy atom. The summed E-state index contributed by atoms with van der Waals surface area (Å²) >= 11 is 1.32. The molecule has 1 aromatic heterocycles. The minimum Gasteiger partial charge on any atom is -0.466 e. The predicted octanol–water partition coefficient (Wildman–Crippen LogP) is 1.16. The molecule has 0 bridgehead atoms. The summed E-state index contributed by atoms with van der Waals surface area (Å²) in [6.45, 7) is 3.33. The molecule has 2 amide bonds. The van der Waals surface area contributed by atoms with Gasteiger partial charge in [-0.3, -0.25) is 24.1 Å². The Morgan fingerprint density at radius 3 is 2.62 bits per heavy atom. The minimum absolute atomic E-state index is 0.0449. The fourth-order valence-corrected chi connectivity index (χ4v) is 4.28. The van der Waals surface area contributed by atoms with Crippen molar-refractivity contribution in [3.05, 3.63) is 11.1 Å². The maximum absolute atomic E-state index is 12.2. The summed E-state index contributed by atoms with van der Waals surface area (Å²) in [4.78, 5) is 55.3. The molecule has 0 N–H and O–H groups in total. The zero-order valence-corrected chi connectivity index (χ0v) is 17.2. The van der Waals surface area contributed by atoms with Crippen molar-refractivity contribution < 1.29 is 28.7 Å². The van der Waals surface area contributed by atoms with E-state index in [1.165, 1.54) is 11.3 Å². The number of likely N-dealkylation sites (tertiary alicyclic amines) is 1. The van der Waals surface area contributed by atoms with Gasteiger partial charge in [0.1, 0.15) is 0 Å². The average Bonchev–Trinajstić information content (AvgIpc) is 3.35. The molecule has 0 aliphatic carbocycles. The summed E-state index contributed by atoms with van der Waals surface area (Å²) < 4.78 is 10.1. The van der Waals surface area contributed by atoms with Gasteiger partial charge in [-0.25, -0.2) is 4.98 Å². The lowest BCUT2D eigenvalue weighted by Gasteiger charge is -2.30. The SMILES string of the molecule is CCOC(=O)C1CCN(C(=O)COC(=O)Cc2csc(N3CCCC3=O)n2)CC1. The van der Waals surface area contributed by atoms with Gasteiger partial charge >= 0.3 is 11.9 Å². The highest BCUT2D eigenvalue weighted by Crippen LogP contribution is 2.25. The van der Waals surface area contributed by atoms with E-state index in [1.807, 2.05) is 0 Å². The van der Waals surface area contributed by atoms with Crippen molar-refractivity contribution in [1.29, 1.82) is 0 Å². The van der Waals surface area contributed by atoms with Crippen molar-refractivity contribution in [2.24, 2.45) is 5.92 Å². The Kier molecular flexibility index (Phi) is 7.18. The molecule has 2 fully saturated rings. The van der Waals surface area contributed by atoms with Gasteiger partial charge in [0.05, 0.1) is 24.6 Å². The number of thiazole rings is 1. The Morgan fingerprint density at radius 1 is 1.21 bits per heavy atom. The molecule has 0 aromatic carbocycles. The third-order valence-electron chi connectivity index (χ3n) is 4.99. The highest BCUT2D eigenvalue weighted by atomic mass is 32.1. The van der Waals surface area contributed by atoms with E-state index in [2.05, 4.69) is 4.98 Å². The summed E-state index contributed by atoms with van der Waals surface area (Å²) in [5, 5.41) is 2.32. The van der Waals surface area contributed by atoms with Crippen LogP contribution < -0.4 is 4.90 Å². The molecule has 0 unspecified atom stereocenters. The summed E-state index contributed by atoms with van der Waals surface area (Å²) in [6, 6.07) is 0. The number of ether oxygens (including phenoxy) is 2. The number of esters is 2. The molecule has 29 heavy (non-hydrogen) atoms. The summed E-state index contributed by atoms with van der Waals surface area (Å²) in [5.41, 5.74) is 0.525. The zero-order valence-electron chi connectivity index (χ0n) is 16.4. The van der Waals surface area contributed by atoms with Gasteiger partial charge in [-0.2, -0.15) is 0 Å². The largest absolute Gasteiger partial charge is 0.466 e. The number of carbonyl (C=O) groups is 4. The molecular formula is C19H25N3O6S. The monoisotopic (exact) mass is 423 g/mol. The average molecular weight is 423 g/mol. The van der Waals surface area contributed by atoms with Crippen LogP contribution in [0.15, 0.2) is 5.38 Å². The lowest BCUT2D eigenvalue weighted by molar-refractivity contribution is -0.154. The Balaban J connectivity index is 1.39. The molecule has 2 aliphatic rings. The van der Waals surface area contributed by atoms with Crippen LogP contribution in [0.4, 0.5) is 5.13 Å². The van der Waals surface area contributed by atoms with Crippen LogP contribution in [0.1, 0.15) is 38.3 Å². The van der Waals surface area contributed by atoms with Gasteiger partial charge in [0.2, 0.25) is 5.91 Å². The summed E-state index contributed by atoms with van der Waals surface area (Å²) in [5.74, 6) is -1.16. The molecule has 9 nitrogen and oxygen atoms in total. The van der Waals surface area contributed by atoms with Gasteiger partial charge in [-0.05, 0) is 26.2 Å². The van der Waals surface area contributed by atoms with Gasteiger partial charge in [0, 0.05) is 31.4 Å². The van der Waals surface area contributed by atoms with E-state index in [-0.39, 0.29) is 36.7 Å². The van der Waals surface area contributed by atoms with Gasteiger partial charge in [0.25, 0.3) is 5.91 Å². The standard InChI is InChI=1S/C19H25N3O6S/c1-2-27-18(26)13-5-8-21(9-6-13)16(24)11-28-17(25)10-14-12-29-19(20-14)22-7-3-4-15(22)23/h12-13H,2-11H2,1H3. The molecule has 2 saturated heterocycles. The second kappa shape index (κ2) is 9.82. The lowest BCUT2D eigenvalue weighted by Crippen LogP contribution is -2.42. The maximum atomic E-state index is 12.2. The maximum Gasteiger partial charge on any atom is 0.312 e. The predicted molar refractivity (Wildman–Crippen MR) is 104 cm³/mol. The van der Waals surface area contributed by atoms with Crippen LogP contribution in [0.25, 0.3) is 0 Å². The van der Waals surface area contributed by atoms with E-state index in [1.54, 1.807) is 22.1 Å². The molecule has 158 valence electrons. The van der Waals surface area contributed by atoms with E-state index < -0.39 is 5.97 Å². The van der Waals surface area contributed by atoms with Crippen LogP contribution in [0.5, 0.6) is 0 Å². The highest BCUT2D eigenvalue weighted by molar-refractivity contribution is 7.14. The van der Waals surface area contributed by atoms with Crippen molar-refractivity contribution in [2.75, 3.05) is 37.7 Å². The first kappa shape index (κ1) is 21.2. The number of piperidine rings is 1. The van der Waals surface area contributed by atoms with Crippen molar-refractivity contribution >= 4 is 40.2 Å². The minimum atomic E-state index is -0.538. The van der Waals surface area contributed by atoms with Crippen molar-refractivity contribution in [1.82, 2.24) is 9.88 Å². The Labute approximate surface area is 173 Å². The van der Waals surface area contributed by atoms with Gasteiger partial charge in [0.15, 0.2) is 11.7 Å². The third kappa shape index (κ3) is 5.53. The number of hydrogen-bond acceptors (Lipinski definition) is 8. The zero-order chi connectivity index (χ0) is 20.8. The molecule has 0 atom stereocenters. The number of rotatable bonds is 7. The first-order chi connectivity index (χ1) is 14.0. The number of aromatic nitrogens is 1.